The van der Waals surface area contributed by atoms with E-state index in [0.717, 1.165) is 49.6 Å². The van der Waals surface area contributed by atoms with Crippen LogP contribution in [0.5, 0.6) is 0 Å². The van der Waals surface area contributed by atoms with Crippen molar-refractivity contribution in [3.8, 4) is 33.9 Å². The first-order chi connectivity index (χ1) is 24.5. The van der Waals surface area contributed by atoms with Crippen LogP contribution >= 0.6 is 0 Å². The van der Waals surface area contributed by atoms with Gasteiger partial charge in [-0.25, -0.2) is 15.0 Å². The highest BCUT2D eigenvalue weighted by Gasteiger charge is 2.19. The number of aryl methyl sites for hydroxylation is 1. The van der Waals surface area contributed by atoms with Crippen molar-refractivity contribution in [2.45, 2.75) is 6.92 Å². The van der Waals surface area contributed by atoms with E-state index in [4.69, 9.17) is 21.1 Å². The molecule has 0 aliphatic heterocycles. The Hall–Kier alpha value is -6.72. The molecule has 0 radical (unpaired) electrons. The summed E-state index contributed by atoms with van der Waals surface area (Å²) in [6, 6.07) is 58.5. The number of hydrogen-bond donors (Lipinski definition) is 2. The zero-order chi connectivity index (χ0) is 34.3. The predicted octanol–water partition coefficient (Wildman–Crippen LogP) is 10.5. The number of nitrogens with one attached hydrogen (secondary N) is 1. The fourth-order valence-electron chi connectivity index (χ4n) is 6.02. The molecule has 0 atom stereocenters. The first kappa shape index (κ1) is 31.9. The lowest BCUT2D eigenvalue weighted by Crippen LogP contribution is -2.18. The Kier molecular flexibility index (Phi) is 9.29. The fraction of sp³-hybridized carbons (Fsp3) is 0.0222. The molecule has 5 nitrogen and oxygen atoms in total. The van der Waals surface area contributed by atoms with Crippen LogP contribution in [-0.4, -0.2) is 21.6 Å². The molecular formula is C45H35N5. The van der Waals surface area contributed by atoms with Crippen molar-refractivity contribution in [2.75, 3.05) is 0 Å². The molecule has 8 aromatic rings. The van der Waals surface area contributed by atoms with Crippen LogP contribution in [0.3, 0.4) is 0 Å². The van der Waals surface area contributed by atoms with Crippen LogP contribution in [0, 0.1) is 12.3 Å². The van der Waals surface area contributed by atoms with Crippen LogP contribution in [0.4, 0.5) is 0 Å². The number of rotatable bonds is 5. The zero-order valence-electron chi connectivity index (χ0n) is 27.7. The molecule has 0 aliphatic carbocycles. The van der Waals surface area contributed by atoms with Gasteiger partial charge in [0.25, 0.3) is 0 Å². The van der Waals surface area contributed by atoms with Crippen LogP contribution < -0.4 is 5.73 Å². The maximum atomic E-state index is 8.66. The van der Waals surface area contributed by atoms with E-state index in [-0.39, 0.29) is 11.7 Å². The summed E-state index contributed by atoms with van der Waals surface area (Å²) in [7, 11) is 0. The lowest BCUT2D eigenvalue weighted by Gasteiger charge is -2.15. The summed E-state index contributed by atoms with van der Waals surface area (Å²) < 4.78 is 0. The molecule has 0 saturated heterocycles. The summed E-state index contributed by atoms with van der Waals surface area (Å²) in [5.41, 5.74) is 13.9. The first-order valence-corrected chi connectivity index (χ1v) is 16.5. The number of hydrogen-bond acceptors (Lipinski definition) is 3. The molecule has 0 spiro atoms. The molecule has 50 heavy (non-hydrogen) atoms. The van der Waals surface area contributed by atoms with Gasteiger partial charge < -0.3 is 5.73 Å². The average Bonchev–Trinajstić information content (AvgIpc) is 3.18. The van der Waals surface area contributed by atoms with Crippen molar-refractivity contribution in [1.29, 1.82) is 5.41 Å². The average molecular weight is 646 g/mol. The van der Waals surface area contributed by atoms with Crippen molar-refractivity contribution < 1.29 is 0 Å². The van der Waals surface area contributed by atoms with Gasteiger partial charge in [0.2, 0.25) is 0 Å². The SMILES string of the molecule is Cc1ccccc1.N=C(N=C(N)c1c(-c2nc(-c3ccccc3)cc(-c3cccc4ccccc34)n2)ccc2ccccc12)c1ccccc1. The van der Waals surface area contributed by atoms with Gasteiger partial charge in [-0.15, -0.1) is 0 Å². The third-order valence-corrected chi connectivity index (χ3v) is 8.51. The largest absolute Gasteiger partial charge is 0.383 e. The molecule has 1 heterocycles. The van der Waals surface area contributed by atoms with Crippen molar-refractivity contribution in [2.24, 2.45) is 10.7 Å². The van der Waals surface area contributed by atoms with Gasteiger partial charge in [-0.1, -0.05) is 169 Å². The van der Waals surface area contributed by atoms with Gasteiger partial charge in [-0.05, 0) is 40.6 Å². The van der Waals surface area contributed by atoms with E-state index in [0.29, 0.717) is 17.0 Å². The van der Waals surface area contributed by atoms with E-state index in [1.165, 1.54) is 5.56 Å². The number of aromatic nitrogens is 2. The minimum atomic E-state index is 0.0902. The predicted molar refractivity (Wildman–Crippen MR) is 209 cm³/mol. The summed E-state index contributed by atoms with van der Waals surface area (Å²) >= 11 is 0. The van der Waals surface area contributed by atoms with E-state index < -0.39 is 0 Å². The molecule has 3 N–H and O–H groups in total. The summed E-state index contributed by atoms with van der Waals surface area (Å²) in [4.78, 5) is 14.8. The smallest absolute Gasteiger partial charge is 0.161 e. The highest BCUT2D eigenvalue weighted by atomic mass is 14.9. The van der Waals surface area contributed by atoms with Crippen molar-refractivity contribution >= 4 is 33.2 Å². The molecule has 8 rings (SSSR count). The maximum Gasteiger partial charge on any atom is 0.161 e. The molecule has 0 amide bonds. The number of fused-ring (bicyclic) bond motifs is 2. The standard InChI is InChI=1S/C38H27N5.C7H8/c39-36(28-16-5-2-6-17-28)43-37(40)35-30-20-10-8-13-26(30)22-23-32(35)38-41-33(27-14-3-1-4-15-27)24-34(42-38)31-21-11-18-25-12-7-9-19-29(25)31;1-7-5-3-2-4-6-7/h1-24H,(H3,39,40,43);2-6H,1H3. The second kappa shape index (κ2) is 14.6. The third kappa shape index (κ3) is 6.93. The summed E-state index contributed by atoms with van der Waals surface area (Å²) in [5, 5.41) is 12.9. The Morgan fingerprint density at radius 3 is 1.78 bits per heavy atom. The number of amidine groups is 2. The first-order valence-electron chi connectivity index (χ1n) is 16.5. The number of benzene rings is 7. The molecule has 0 aliphatic rings. The number of nitrogens with two attached hydrogens (primary N) is 1. The van der Waals surface area contributed by atoms with Crippen LogP contribution in [0.1, 0.15) is 16.7 Å². The van der Waals surface area contributed by atoms with Gasteiger partial charge in [0.05, 0.1) is 11.4 Å². The Labute approximate surface area is 292 Å². The van der Waals surface area contributed by atoms with Gasteiger partial charge in [0.15, 0.2) is 11.7 Å². The normalized spacial score (nSPS) is 11.2. The highest BCUT2D eigenvalue weighted by Crippen LogP contribution is 2.34. The molecule has 0 bridgehead atoms. The second-order valence-corrected chi connectivity index (χ2v) is 11.9. The lowest BCUT2D eigenvalue weighted by molar-refractivity contribution is 1.18. The molecule has 0 unspecified atom stereocenters. The molecule has 5 heteroatoms. The Bertz CT molecular complexity index is 2450. The van der Waals surface area contributed by atoms with Gasteiger partial charge in [-0.2, -0.15) is 0 Å². The van der Waals surface area contributed by atoms with Gasteiger partial charge in [-0.3, -0.25) is 5.41 Å². The van der Waals surface area contributed by atoms with Crippen molar-refractivity contribution in [3.63, 3.8) is 0 Å². The zero-order valence-corrected chi connectivity index (χ0v) is 27.7. The molecule has 240 valence electrons. The van der Waals surface area contributed by atoms with Crippen LogP contribution in [-0.2, 0) is 0 Å². The van der Waals surface area contributed by atoms with Crippen molar-refractivity contribution in [3.05, 3.63) is 193 Å². The molecular weight excluding hydrogens is 611 g/mol. The van der Waals surface area contributed by atoms with E-state index >= 15 is 0 Å². The topological polar surface area (TPSA) is 88.0 Å². The third-order valence-electron chi connectivity index (χ3n) is 8.51. The summed E-state index contributed by atoms with van der Waals surface area (Å²) in [6.45, 7) is 2.08. The molecule has 0 saturated carbocycles. The minimum absolute atomic E-state index is 0.0902. The van der Waals surface area contributed by atoms with E-state index in [9.17, 15) is 0 Å². The second-order valence-electron chi connectivity index (χ2n) is 11.9. The molecule has 1 aromatic heterocycles. The minimum Gasteiger partial charge on any atom is -0.383 e. The Morgan fingerprint density at radius 2 is 1.10 bits per heavy atom. The van der Waals surface area contributed by atoms with E-state index in [2.05, 4.69) is 72.6 Å². The van der Waals surface area contributed by atoms with Gasteiger partial charge >= 0.3 is 0 Å². The van der Waals surface area contributed by atoms with Crippen LogP contribution in [0.25, 0.3) is 55.4 Å². The Balaban J connectivity index is 0.000000501. The fourth-order valence-corrected chi connectivity index (χ4v) is 6.02. The Morgan fingerprint density at radius 1 is 0.540 bits per heavy atom. The van der Waals surface area contributed by atoms with Crippen molar-refractivity contribution in [1.82, 2.24) is 9.97 Å². The quantitative estimate of drug-likeness (QED) is 0.144. The summed E-state index contributed by atoms with van der Waals surface area (Å²) in [5.74, 6) is 0.864. The number of aliphatic imine (C=N–C) groups is 1. The highest BCUT2D eigenvalue weighted by molar-refractivity contribution is 6.18. The van der Waals surface area contributed by atoms with Gasteiger partial charge in [0, 0.05) is 27.8 Å². The van der Waals surface area contributed by atoms with Gasteiger partial charge in [0.1, 0.15) is 5.84 Å². The van der Waals surface area contributed by atoms with Crippen LogP contribution in [0.2, 0.25) is 0 Å². The summed E-state index contributed by atoms with van der Waals surface area (Å²) in [6.07, 6.45) is 0. The van der Waals surface area contributed by atoms with Crippen LogP contribution in [0.15, 0.2) is 181 Å². The molecule has 7 aromatic carbocycles. The molecule has 0 fully saturated rings. The van der Waals surface area contributed by atoms with E-state index in [1.54, 1.807) is 0 Å². The van der Waals surface area contributed by atoms with E-state index in [1.807, 2.05) is 115 Å². The maximum absolute atomic E-state index is 8.66. The number of nitrogens with zero attached hydrogens (tertiary/aromatic N) is 3. The lowest BCUT2D eigenvalue weighted by atomic mass is 9.96. The monoisotopic (exact) mass is 645 g/mol.